The Balaban J connectivity index is 1.79. The van der Waals surface area contributed by atoms with Crippen LogP contribution in [0.4, 0.5) is 5.00 Å². The van der Waals surface area contributed by atoms with Gasteiger partial charge in [-0.1, -0.05) is 93.1 Å². The molecule has 0 bridgehead atoms. The summed E-state index contributed by atoms with van der Waals surface area (Å²) in [7, 11) is -4.08. The smallest absolute Gasteiger partial charge is 0.324 e. The number of rotatable bonds is 20. The molecule has 3 rings (SSSR count). The van der Waals surface area contributed by atoms with Crippen LogP contribution in [0.1, 0.15) is 50.8 Å². The number of hydrogen-bond acceptors (Lipinski definition) is 11. The number of amides is 2. The zero-order chi connectivity index (χ0) is 36.8. The van der Waals surface area contributed by atoms with Gasteiger partial charge in [-0.2, -0.15) is 4.31 Å². The molecule has 14 nitrogen and oxygen atoms in total. The van der Waals surface area contributed by atoms with Gasteiger partial charge in [-0.25, -0.2) is 8.42 Å². The molecule has 0 radical (unpaired) electrons. The van der Waals surface area contributed by atoms with Crippen LogP contribution < -0.4 is 16.0 Å². The maximum absolute atomic E-state index is 13.8. The summed E-state index contributed by atoms with van der Waals surface area (Å²) in [5, 5.41) is 44.6. The minimum atomic E-state index is -4.08. The SMILES string of the molecule is CC[C@H](C)[C@@H](NC(=O)CNCc1csc([N+](=O)[O-])c1)C(=O)N[C@@H](Cc1ccccc1)C(O)CN(CC(C)C)S(=O)(=O)c1ccc(/C=N/O)cc1. The number of thiophene rings is 1. The second kappa shape index (κ2) is 19.2. The Hall–Kier alpha value is -4.22. The summed E-state index contributed by atoms with van der Waals surface area (Å²) in [6.45, 7) is 7.28. The molecule has 0 saturated heterocycles. The highest BCUT2D eigenvalue weighted by Gasteiger charge is 2.34. The van der Waals surface area contributed by atoms with Gasteiger partial charge in [0.25, 0.3) is 0 Å². The Kier molecular flexibility index (Phi) is 15.5. The number of sulfonamides is 1. The molecule has 4 atom stereocenters. The summed E-state index contributed by atoms with van der Waals surface area (Å²) in [5.41, 5.74) is 1.96. The second-order valence-electron chi connectivity index (χ2n) is 12.5. The number of nitrogens with zero attached hydrogens (tertiary/aromatic N) is 3. The van der Waals surface area contributed by atoms with E-state index in [0.29, 0.717) is 17.5 Å². The number of benzene rings is 2. The fraction of sp³-hybridized carbons (Fsp3) is 0.441. The maximum atomic E-state index is 13.8. The first-order valence-electron chi connectivity index (χ1n) is 16.3. The van der Waals surface area contributed by atoms with Crippen LogP contribution in [-0.2, 0) is 32.6 Å². The molecule has 0 aliphatic heterocycles. The molecule has 272 valence electrons. The topological polar surface area (TPSA) is 204 Å². The predicted molar refractivity (Wildman–Crippen MR) is 192 cm³/mol. The normalized spacial score (nSPS) is 14.4. The van der Waals surface area contributed by atoms with Crippen molar-refractivity contribution < 1.29 is 33.2 Å². The van der Waals surface area contributed by atoms with Gasteiger partial charge in [-0.05, 0) is 47.1 Å². The average molecular weight is 731 g/mol. The molecule has 5 N–H and O–H groups in total. The number of carbonyl (C=O) groups is 2. The molecule has 2 aromatic carbocycles. The molecule has 3 aromatic rings. The number of nitrogens with one attached hydrogen (secondary N) is 3. The third-order valence-electron chi connectivity index (χ3n) is 8.02. The summed E-state index contributed by atoms with van der Waals surface area (Å²) in [6, 6.07) is 14.5. The largest absolute Gasteiger partial charge is 0.411 e. The van der Waals surface area contributed by atoms with E-state index in [-0.39, 0.29) is 54.3 Å². The van der Waals surface area contributed by atoms with Crippen molar-refractivity contribution in [3.8, 4) is 0 Å². The predicted octanol–water partition coefficient (Wildman–Crippen LogP) is 3.52. The van der Waals surface area contributed by atoms with Gasteiger partial charge in [0, 0.05) is 31.1 Å². The van der Waals surface area contributed by atoms with E-state index in [2.05, 4.69) is 21.1 Å². The van der Waals surface area contributed by atoms with E-state index >= 15 is 0 Å². The Morgan fingerprint density at radius 3 is 2.30 bits per heavy atom. The number of oxime groups is 1. The number of carbonyl (C=O) groups excluding carboxylic acids is 2. The Morgan fingerprint density at radius 2 is 1.72 bits per heavy atom. The Morgan fingerprint density at radius 1 is 1.04 bits per heavy atom. The van der Waals surface area contributed by atoms with E-state index in [9.17, 15) is 33.2 Å². The van der Waals surface area contributed by atoms with Crippen LogP contribution >= 0.6 is 11.3 Å². The highest BCUT2D eigenvalue weighted by atomic mass is 32.2. The van der Waals surface area contributed by atoms with Crippen LogP contribution in [-0.4, -0.2) is 83.8 Å². The molecule has 16 heteroatoms. The summed E-state index contributed by atoms with van der Waals surface area (Å²) < 4.78 is 28.8. The third kappa shape index (κ3) is 12.0. The minimum Gasteiger partial charge on any atom is -0.411 e. The molecule has 0 aliphatic carbocycles. The standard InChI is InChI=1S/C34H46N6O8S2/c1-5-24(4)33(38-31(42)19-35-17-27-16-32(40(45)46)49-22-27)34(43)37-29(15-25-9-7-6-8-10-25)30(41)21-39(20-23(2)3)50(47,48)28-13-11-26(12-14-28)18-36-44/h6-14,16,18,22-24,29-30,33,35,41,44H,5,15,17,19-21H2,1-4H3,(H,37,43)(H,38,42)/b36-18+/t24-,29-,30?,33+/m0/s1. The number of hydrogen-bond donors (Lipinski definition) is 5. The Bertz CT molecular complexity index is 1680. The van der Waals surface area contributed by atoms with E-state index < -0.39 is 44.9 Å². The van der Waals surface area contributed by atoms with E-state index in [1.54, 1.807) is 5.38 Å². The molecule has 1 heterocycles. The molecule has 0 spiro atoms. The first-order chi connectivity index (χ1) is 23.7. The molecule has 50 heavy (non-hydrogen) atoms. The zero-order valence-electron chi connectivity index (χ0n) is 28.6. The van der Waals surface area contributed by atoms with Crippen LogP contribution in [0.2, 0.25) is 0 Å². The lowest BCUT2D eigenvalue weighted by molar-refractivity contribution is -0.380. The minimum absolute atomic E-state index is 0.000236. The highest BCUT2D eigenvalue weighted by Crippen LogP contribution is 2.23. The van der Waals surface area contributed by atoms with Crippen molar-refractivity contribution in [2.24, 2.45) is 17.0 Å². The van der Waals surface area contributed by atoms with E-state index in [0.717, 1.165) is 16.9 Å². The second-order valence-corrected chi connectivity index (χ2v) is 15.3. The fourth-order valence-corrected chi connectivity index (χ4v) is 7.53. The summed E-state index contributed by atoms with van der Waals surface area (Å²) >= 11 is 0.993. The number of aliphatic hydroxyl groups is 1. The first-order valence-corrected chi connectivity index (χ1v) is 18.6. The van der Waals surface area contributed by atoms with Crippen LogP contribution in [0, 0.1) is 22.0 Å². The van der Waals surface area contributed by atoms with Crippen LogP contribution in [0.5, 0.6) is 0 Å². The molecular weight excluding hydrogens is 685 g/mol. The molecular formula is C34H46N6O8S2. The van der Waals surface area contributed by atoms with Crippen molar-refractivity contribution in [2.75, 3.05) is 19.6 Å². The zero-order valence-corrected chi connectivity index (χ0v) is 30.2. The lowest BCUT2D eigenvalue weighted by atomic mass is 9.96. The maximum Gasteiger partial charge on any atom is 0.324 e. The number of aliphatic hydroxyl groups excluding tert-OH is 1. The van der Waals surface area contributed by atoms with E-state index in [4.69, 9.17) is 5.21 Å². The molecule has 2 amide bonds. The lowest BCUT2D eigenvalue weighted by Gasteiger charge is -2.32. The van der Waals surface area contributed by atoms with Gasteiger partial charge in [-0.3, -0.25) is 19.7 Å². The average Bonchev–Trinajstić information content (AvgIpc) is 3.56. The van der Waals surface area contributed by atoms with E-state index in [1.165, 1.54) is 40.9 Å². The van der Waals surface area contributed by atoms with Crippen LogP contribution in [0.3, 0.4) is 0 Å². The molecule has 1 aromatic heterocycles. The van der Waals surface area contributed by atoms with Crippen molar-refractivity contribution in [1.29, 1.82) is 0 Å². The van der Waals surface area contributed by atoms with Crippen molar-refractivity contribution in [3.05, 3.63) is 92.8 Å². The van der Waals surface area contributed by atoms with Crippen molar-refractivity contribution >= 4 is 44.4 Å². The van der Waals surface area contributed by atoms with Gasteiger partial charge in [0.05, 0.1) is 34.7 Å². The van der Waals surface area contributed by atoms with Crippen LogP contribution in [0.15, 0.2) is 76.1 Å². The van der Waals surface area contributed by atoms with Crippen LogP contribution in [0.25, 0.3) is 0 Å². The molecule has 1 unspecified atom stereocenters. The monoisotopic (exact) mass is 730 g/mol. The number of nitro groups is 1. The van der Waals surface area contributed by atoms with Crippen molar-refractivity contribution in [1.82, 2.24) is 20.3 Å². The quantitative estimate of drug-likeness (QED) is 0.0499. The molecule has 0 aliphatic rings. The molecule has 0 saturated carbocycles. The molecule has 0 fully saturated rings. The Labute approximate surface area is 296 Å². The summed E-state index contributed by atoms with van der Waals surface area (Å²) in [4.78, 5) is 37.3. The van der Waals surface area contributed by atoms with Gasteiger partial charge in [0.2, 0.25) is 21.8 Å². The summed E-state index contributed by atoms with van der Waals surface area (Å²) in [6.07, 6.45) is 0.585. The van der Waals surface area contributed by atoms with E-state index in [1.807, 2.05) is 58.0 Å². The first kappa shape index (κ1) is 40.2. The van der Waals surface area contributed by atoms with Gasteiger partial charge in [0.15, 0.2) is 0 Å². The van der Waals surface area contributed by atoms with Gasteiger partial charge in [-0.15, -0.1) is 0 Å². The van der Waals surface area contributed by atoms with Gasteiger partial charge >= 0.3 is 5.00 Å². The van der Waals surface area contributed by atoms with Crippen molar-refractivity contribution in [3.63, 3.8) is 0 Å². The van der Waals surface area contributed by atoms with Crippen molar-refractivity contribution in [2.45, 2.75) is 70.2 Å². The third-order valence-corrected chi connectivity index (χ3v) is 10.8. The van der Waals surface area contributed by atoms with Gasteiger partial charge < -0.3 is 26.3 Å². The lowest BCUT2D eigenvalue weighted by Crippen LogP contribution is -2.57. The van der Waals surface area contributed by atoms with Gasteiger partial charge in [0.1, 0.15) is 6.04 Å². The fourth-order valence-electron chi connectivity index (χ4n) is 5.18. The summed E-state index contributed by atoms with van der Waals surface area (Å²) in [5.74, 6) is -1.36. The highest BCUT2D eigenvalue weighted by molar-refractivity contribution is 7.89.